The average molecular weight is 300 g/mol. The quantitative estimate of drug-likeness (QED) is 0.599. The molecule has 0 unspecified atom stereocenters. The number of pyridine rings is 1. The second kappa shape index (κ2) is 8.81. The molecule has 0 aliphatic carbocycles. The predicted molar refractivity (Wildman–Crippen MR) is 88.9 cm³/mol. The van der Waals surface area contributed by atoms with Crippen LogP contribution in [0.15, 0.2) is 41.8 Å². The molecule has 0 fully saturated rings. The Kier molecular flexibility index (Phi) is 6.41. The summed E-state index contributed by atoms with van der Waals surface area (Å²) in [5.74, 6) is 0.835. The SMILES string of the molecule is CCNC(=NCCc1ccccn1)NCCn1cc(C)cn1. The van der Waals surface area contributed by atoms with Gasteiger partial charge in [0.25, 0.3) is 0 Å². The van der Waals surface area contributed by atoms with Gasteiger partial charge in [0.15, 0.2) is 5.96 Å². The minimum Gasteiger partial charge on any atom is -0.357 e. The van der Waals surface area contributed by atoms with Crippen LogP contribution in [-0.2, 0) is 13.0 Å². The third kappa shape index (κ3) is 5.55. The molecule has 2 N–H and O–H groups in total. The van der Waals surface area contributed by atoms with E-state index in [1.807, 2.05) is 48.4 Å². The van der Waals surface area contributed by atoms with Gasteiger partial charge in [0, 0.05) is 44.1 Å². The van der Waals surface area contributed by atoms with E-state index in [1.165, 1.54) is 5.56 Å². The molecule has 2 aromatic rings. The minimum absolute atomic E-state index is 0.716. The van der Waals surface area contributed by atoms with E-state index in [9.17, 15) is 0 Å². The van der Waals surface area contributed by atoms with Crippen LogP contribution < -0.4 is 10.6 Å². The van der Waals surface area contributed by atoms with Crippen molar-refractivity contribution in [3.63, 3.8) is 0 Å². The molecule has 0 saturated carbocycles. The molecular formula is C16H24N6. The maximum atomic E-state index is 4.57. The summed E-state index contributed by atoms with van der Waals surface area (Å²) >= 11 is 0. The maximum Gasteiger partial charge on any atom is 0.191 e. The van der Waals surface area contributed by atoms with Crippen molar-refractivity contribution >= 4 is 5.96 Å². The average Bonchev–Trinajstić information content (AvgIpc) is 2.94. The molecule has 0 radical (unpaired) electrons. The van der Waals surface area contributed by atoms with Gasteiger partial charge in [-0.25, -0.2) is 0 Å². The summed E-state index contributed by atoms with van der Waals surface area (Å²) in [5.41, 5.74) is 2.24. The van der Waals surface area contributed by atoms with Crippen LogP contribution in [0.4, 0.5) is 0 Å². The number of nitrogens with one attached hydrogen (secondary N) is 2. The van der Waals surface area contributed by atoms with Gasteiger partial charge < -0.3 is 10.6 Å². The van der Waals surface area contributed by atoms with Crippen molar-refractivity contribution in [3.8, 4) is 0 Å². The van der Waals surface area contributed by atoms with Crippen molar-refractivity contribution in [1.29, 1.82) is 0 Å². The molecular weight excluding hydrogens is 276 g/mol. The zero-order chi connectivity index (χ0) is 15.6. The number of guanidine groups is 1. The lowest BCUT2D eigenvalue weighted by Gasteiger charge is -2.11. The van der Waals surface area contributed by atoms with Crippen molar-refractivity contribution < 1.29 is 0 Å². The predicted octanol–water partition coefficient (Wildman–Crippen LogP) is 1.38. The topological polar surface area (TPSA) is 67.1 Å². The fraction of sp³-hybridized carbons (Fsp3) is 0.438. The first-order valence-electron chi connectivity index (χ1n) is 7.69. The fourth-order valence-electron chi connectivity index (χ4n) is 2.05. The maximum absolute atomic E-state index is 4.57. The van der Waals surface area contributed by atoms with Gasteiger partial charge in [-0.3, -0.25) is 14.7 Å². The van der Waals surface area contributed by atoms with E-state index in [0.29, 0.717) is 6.54 Å². The molecule has 0 saturated heterocycles. The number of rotatable bonds is 7. The Balaban J connectivity index is 1.77. The summed E-state index contributed by atoms with van der Waals surface area (Å²) in [7, 11) is 0. The molecule has 6 nitrogen and oxygen atoms in total. The fourth-order valence-corrected chi connectivity index (χ4v) is 2.05. The summed E-state index contributed by atoms with van der Waals surface area (Å²) in [4.78, 5) is 8.87. The lowest BCUT2D eigenvalue weighted by Crippen LogP contribution is -2.39. The third-order valence-electron chi connectivity index (χ3n) is 3.10. The van der Waals surface area contributed by atoms with Crippen LogP contribution in [0.25, 0.3) is 0 Å². The summed E-state index contributed by atoms with van der Waals surface area (Å²) < 4.78 is 1.93. The van der Waals surface area contributed by atoms with Crippen molar-refractivity contribution in [3.05, 3.63) is 48.0 Å². The summed E-state index contributed by atoms with van der Waals surface area (Å²) in [6, 6.07) is 5.95. The third-order valence-corrected chi connectivity index (χ3v) is 3.10. The Bertz CT molecular complexity index is 575. The van der Waals surface area contributed by atoms with Gasteiger partial charge in [-0.1, -0.05) is 6.07 Å². The van der Waals surface area contributed by atoms with Crippen LogP contribution >= 0.6 is 0 Å². The Morgan fingerprint density at radius 3 is 2.91 bits per heavy atom. The van der Waals surface area contributed by atoms with Crippen LogP contribution in [0.3, 0.4) is 0 Å². The normalized spacial score (nSPS) is 11.5. The minimum atomic E-state index is 0.716. The zero-order valence-corrected chi connectivity index (χ0v) is 13.3. The molecule has 0 atom stereocenters. The second-order valence-corrected chi connectivity index (χ2v) is 5.04. The first kappa shape index (κ1) is 16.0. The van der Waals surface area contributed by atoms with Gasteiger partial charge >= 0.3 is 0 Å². The summed E-state index contributed by atoms with van der Waals surface area (Å²) in [5, 5.41) is 10.8. The molecule has 0 spiro atoms. The van der Waals surface area contributed by atoms with Crippen LogP contribution in [0, 0.1) is 6.92 Å². The van der Waals surface area contributed by atoms with Crippen molar-refractivity contribution in [2.75, 3.05) is 19.6 Å². The molecule has 0 aromatic carbocycles. The van der Waals surface area contributed by atoms with E-state index >= 15 is 0 Å². The highest BCUT2D eigenvalue weighted by Gasteiger charge is 1.99. The van der Waals surface area contributed by atoms with E-state index in [2.05, 4.69) is 32.6 Å². The molecule has 22 heavy (non-hydrogen) atoms. The Morgan fingerprint density at radius 1 is 1.32 bits per heavy atom. The van der Waals surface area contributed by atoms with Crippen LogP contribution in [0.1, 0.15) is 18.2 Å². The van der Waals surface area contributed by atoms with Gasteiger partial charge in [0.1, 0.15) is 0 Å². The molecule has 0 aliphatic heterocycles. The number of aromatic nitrogens is 3. The Morgan fingerprint density at radius 2 is 2.23 bits per heavy atom. The smallest absolute Gasteiger partial charge is 0.191 e. The summed E-state index contributed by atoms with van der Waals surface area (Å²) in [6.07, 6.45) is 6.56. The Hall–Kier alpha value is -2.37. The van der Waals surface area contributed by atoms with Crippen molar-refractivity contribution in [2.45, 2.75) is 26.8 Å². The number of nitrogens with zero attached hydrogens (tertiary/aromatic N) is 4. The van der Waals surface area contributed by atoms with Gasteiger partial charge in [0.05, 0.1) is 12.7 Å². The molecule has 0 aliphatic rings. The highest BCUT2D eigenvalue weighted by atomic mass is 15.3. The van der Waals surface area contributed by atoms with E-state index in [1.54, 1.807) is 0 Å². The highest BCUT2D eigenvalue weighted by molar-refractivity contribution is 5.79. The number of aliphatic imine (C=N–C) groups is 1. The molecule has 2 heterocycles. The van der Waals surface area contributed by atoms with Gasteiger partial charge in [-0.05, 0) is 31.5 Å². The molecule has 118 valence electrons. The zero-order valence-electron chi connectivity index (χ0n) is 13.3. The highest BCUT2D eigenvalue weighted by Crippen LogP contribution is 1.95. The van der Waals surface area contributed by atoms with Gasteiger partial charge in [-0.15, -0.1) is 0 Å². The van der Waals surface area contributed by atoms with Crippen LogP contribution in [0.2, 0.25) is 0 Å². The lowest BCUT2D eigenvalue weighted by atomic mass is 10.3. The number of aryl methyl sites for hydroxylation is 1. The van der Waals surface area contributed by atoms with Gasteiger partial charge in [-0.2, -0.15) is 5.10 Å². The molecule has 2 aromatic heterocycles. The summed E-state index contributed by atoms with van der Waals surface area (Å²) in [6.45, 7) is 7.27. The van der Waals surface area contributed by atoms with Crippen LogP contribution in [0.5, 0.6) is 0 Å². The van der Waals surface area contributed by atoms with Crippen molar-refractivity contribution in [1.82, 2.24) is 25.4 Å². The second-order valence-electron chi connectivity index (χ2n) is 5.04. The van der Waals surface area contributed by atoms with Crippen LogP contribution in [-0.4, -0.2) is 40.4 Å². The van der Waals surface area contributed by atoms with E-state index in [-0.39, 0.29) is 0 Å². The largest absolute Gasteiger partial charge is 0.357 e. The first-order valence-corrected chi connectivity index (χ1v) is 7.69. The van der Waals surface area contributed by atoms with E-state index in [0.717, 1.165) is 37.7 Å². The molecule has 2 rings (SSSR count). The number of hydrogen-bond donors (Lipinski definition) is 2. The first-order chi connectivity index (χ1) is 10.8. The monoisotopic (exact) mass is 300 g/mol. The number of hydrogen-bond acceptors (Lipinski definition) is 3. The molecule has 6 heteroatoms. The molecule has 0 bridgehead atoms. The lowest BCUT2D eigenvalue weighted by molar-refractivity contribution is 0.597. The van der Waals surface area contributed by atoms with Crippen molar-refractivity contribution in [2.24, 2.45) is 4.99 Å². The van der Waals surface area contributed by atoms with E-state index in [4.69, 9.17) is 0 Å². The Labute approximate surface area is 131 Å². The van der Waals surface area contributed by atoms with E-state index < -0.39 is 0 Å². The standard InChI is InChI=1S/C16H24N6/c1-3-17-16(19-9-7-15-6-4-5-8-18-15)20-10-11-22-13-14(2)12-21-22/h4-6,8,12-13H,3,7,9-11H2,1-2H3,(H2,17,19,20). The molecule has 0 amide bonds. The van der Waals surface area contributed by atoms with Gasteiger partial charge in [0.2, 0.25) is 0 Å².